The van der Waals surface area contributed by atoms with Crippen molar-refractivity contribution in [1.82, 2.24) is 0 Å². The molecule has 0 fully saturated rings. The molecule has 0 amide bonds. The maximum atomic E-state index is 6.27. The molecule has 17 heavy (non-hydrogen) atoms. The molecule has 0 saturated carbocycles. The van der Waals surface area contributed by atoms with Gasteiger partial charge >= 0.3 is 0 Å². The first kappa shape index (κ1) is 13.1. The van der Waals surface area contributed by atoms with Crippen LogP contribution in [0.5, 0.6) is 0 Å². The fourth-order valence-corrected chi connectivity index (χ4v) is 3.09. The summed E-state index contributed by atoms with van der Waals surface area (Å²) in [7, 11) is 0. The van der Waals surface area contributed by atoms with E-state index in [2.05, 4.69) is 56.1 Å². The van der Waals surface area contributed by atoms with E-state index >= 15 is 0 Å². The molecule has 0 aliphatic carbocycles. The van der Waals surface area contributed by atoms with Crippen LogP contribution in [-0.4, -0.2) is 0 Å². The predicted octanol–water partition coefficient (Wildman–Crippen LogP) is 5.90. The first-order valence-electron chi connectivity index (χ1n) is 5.23. The van der Waals surface area contributed by atoms with Crippen molar-refractivity contribution in [3.8, 4) is 0 Å². The largest absolute Gasteiger partial charge is 0.0840 e. The zero-order valence-electron chi connectivity index (χ0n) is 9.25. The molecular weight excluding hydrogens is 363 g/mol. The third kappa shape index (κ3) is 3.12. The summed E-state index contributed by atoms with van der Waals surface area (Å²) in [5.41, 5.74) is 3.47. The van der Waals surface area contributed by atoms with Gasteiger partial charge in [0.15, 0.2) is 0 Å². The van der Waals surface area contributed by atoms with Crippen LogP contribution in [0.2, 0.25) is 5.02 Å². The van der Waals surface area contributed by atoms with Crippen LogP contribution in [0.4, 0.5) is 0 Å². The molecule has 2 aromatic rings. The van der Waals surface area contributed by atoms with Crippen LogP contribution in [0.3, 0.4) is 0 Å². The quantitative estimate of drug-likeness (QED) is 0.575. The van der Waals surface area contributed by atoms with E-state index in [0.29, 0.717) is 0 Å². The van der Waals surface area contributed by atoms with Crippen molar-refractivity contribution < 1.29 is 0 Å². The minimum absolute atomic E-state index is 0.128. The molecule has 0 heterocycles. The molecule has 0 nitrogen and oxygen atoms in total. The van der Waals surface area contributed by atoms with Gasteiger partial charge in [-0.1, -0.05) is 67.7 Å². The van der Waals surface area contributed by atoms with E-state index in [9.17, 15) is 0 Å². The summed E-state index contributed by atoms with van der Waals surface area (Å²) in [5, 5.41) is 0.801. The SMILES string of the molecule is Cc1ccc(C(Br)c2ccc(Br)cc2)c(Cl)c1. The molecule has 2 rings (SSSR count). The normalized spacial score (nSPS) is 12.5. The molecule has 0 radical (unpaired) electrons. The number of hydrogen-bond donors (Lipinski definition) is 0. The van der Waals surface area contributed by atoms with Gasteiger partial charge in [0.1, 0.15) is 0 Å². The zero-order chi connectivity index (χ0) is 12.4. The lowest BCUT2D eigenvalue weighted by atomic mass is 10.0. The Morgan fingerprint density at radius 2 is 1.71 bits per heavy atom. The minimum Gasteiger partial charge on any atom is -0.0840 e. The fourth-order valence-electron chi connectivity index (χ4n) is 1.65. The lowest BCUT2D eigenvalue weighted by Gasteiger charge is -2.13. The Balaban J connectivity index is 2.36. The minimum atomic E-state index is 0.128. The Kier molecular flexibility index (Phi) is 4.29. The molecule has 0 saturated heterocycles. The van der Waals surface area contributed by atoms with Crippen LogP contribution in [0, 0.1) is 6.92 Å². The van der Waals surface area contributed by atoms with E-state index in [1.54, 1.807) is 0 Å². The molecule has 1 unspecified atom stereocenters. The molecule has 1 atom stereocenters. The topological polar surface area (TPSA) is 0 Å². The molecule has 88 valence electrons. The Hall–Kier alpha value is -0.310. The highest BCUT2D eigenvalue weighted by Gasteiger charge is 2.13. The molecule has 0 spiro atoms. The highest BCUT2D eigenvalue weighted by molar-refractivity contribution is 9.10. The third-order valence-corrected chi connectivity index (χ3v) is 4.47. The summed E-state index contributed by atoms with van der Waals surface area (Å²) < 4.78 is 1.08. The first-order valence-corrected chi connectivity index (χ1v) is 7.32. The van der Waals surface area contributed by atoms with E-state index in [4.69, 9.17) is 11.6 Å². The van der Waals surface area contributed by atoms with Gasteiger partial charge in [0.25, 0.3) is 0 Å². The summed E-state index contributed by atoms with van der Waals surface area (Å²) in [4.78, 5) is 0.128. The van der Waals surface area contributed by atoms with Crippen molar-refractivity contribution in [3.05, 3.63) is 68.7 Å². The number of rotatable bonds is 2. The second kappa shape index (κ2) is 5.55. The van der Waals surface area contributed by atoms with Gasteiger partial charge in [0.05, 0.1) is 4.83 Å². The van der Waals surface area contributed by atoms with Crippen LogP contribution < -0.4 is 0 Å². The van der Waals surface area contributed by atoms with Gasteiger partial charge in [-0.05, 0) is 41.8 Å². The molecule has 0 aliphatic heterocycles. The molecule has 0 N–H and O–H groups in total. The van der Waals surface area contributed by atoms with Crippen LogP contribution in [0.25, 0.3) is 0 Å². The third-order valence-electron chi connectivity index (χ3n) is 2.59. The van der Waals surface area contributed by atoms with Gasteiger partial charge in [0.2, 0.25) is 0 Å². The average Bonchev–Trinajstić information content (AvgIpc) is 2.29. The summed E-state index contributed by atoms with van der Waals surface area (Å²) in [6, 6.07) is 14.4. The maximum Gasteiger partial charge on any atom is 0.0659 e. The summed E-state index contributed by atoms with van der Waals surface area (Å²) in [5.74, 6) is 0. The Bertz CT molecular complexity index is 520. The number of hydrogen-bond acceptors (Lipinski definition) is 0. The Morgan fingerprint density at radius 1 is 1.06 bits per heavy atom. The molecular formula is C14H11Br2Cl. The van der Waals surface area contributed by atoms with Gasteiger partial charge in [-0.2, -0.15) is 0 Å². The predicted molar refractivity (Wildman–Crippen MR) is 81.1 cm³/mol. The Morgan fingerprint density at radius 3 is 2.29 bits per heavy atom. The van der Waals surface area contributed by atoms with E-state index in [-0.39, 0.29) is 4.83 Å². The van der Waals surface area contributed by atoms with E-state index in [0.717, 1.165) is 15.1 Å². The van der Waals surface area contributed by atoms with Crippen molar-refractivity contribution >= 4 is 43.5 Å². The zero-order valence-corrected chi connectivity index (χ0v) is 13.2. The number of aryl methyl sites for hydroxylation is 1. The highest BCUT2D eigenvalue weighted by Crippen LogP contribution is 2.35. The van der Waals surface area contributed by atoms with Crippen LogP contribution in [0.1, 0.15) is 21.5 Å². The lowest BCUT2D eigenvalue weighted by Crippen LogP contribution is -1.94. The van der Waals surface area contributed by atoms with Crippen LogP contribution >= 0.6 is 43.5 Å². The van der Waals surface area contributed by atoms with Crippen molar-refractivity contribution in [3.63, 3.8) is 0 Å². The summed E-state index contributed by atoms with van der Waals surface area (Å²) in [6.45, 7) is 2.04. The maximum absolute atomic E-state index is 6.27. The van der Waals surface area contributed by atoms with Gasteiger partial charge in [0, 0.05) is 9.50 Å². The van der Waals surface area contributed by atoms with Crippen molar-refractivity contribution in [1.29, 1.82) is 0 Å². The van der Waals surface area contributed by atoms with E-state index in [1.165, 1.54) is 11.1 Å². The van der Waals surface area contributed by atoms with Crippen molar-refractivity contribution in [2.45, 2.75) is 11.8 Å². The second-order valence-electron chi connectivity index (χ2n) is 3.94. The molecule has 3 heteroatoms. The second-order valence-corrected chi connectivity index (χ2v) is 6.18. The van der Waals surface area contributed by atoms with E-state index < -0.39 is 0 Å². The number of halogens is 3. The highest BCUT2D eigenvalue weighted by atomic mass is 79.9. The summed E-state index contributed by atoms with van der Waals surface area (Å²) in [6.07, 6.45) is 0. The van der Waals surface area contributed by atoms with Crippen LogP contribution in [0.15, 0.2) is 46.9 Å². The molecule has 0 bridgehead atoms. The Labute approximate surface area is 123 Å². The van der Waals surface area contributed by atoms with Crippen molar-refractivity contribution in [2.75, 3.05) is 0 Å². The van der Waals surface area contributed by atoms with E-state index in [1.807, 2.05) is 25.1 Å². The standard InChI is InChI=1S/C14H11Br2Cl/c1-9-2-7-12(13(17)8-9)14(16)10-3-5-11(15)6-4-10/h2-8,14H,1H3. The lowest BCUT2D eigenvalue weighted by molar-refractivity contribution is 1.17. The van der Waals surface area contributed by atoms with Gasteiger partial charge in [-0.25, -0.2) is 0 Å². The fraction of sp³-hybridized carbons (Fsp3) is 0.143. The van der Waals surface area contributed by atoms with Gasteiger partial charge in [-0.15, -0.1) is 0 Å². The van der Waals surface area contributed by atoms with Crippen LogP contribution in [-0.2, 0) is 0 Å². The first-order chi connectivity index (χ1) is 8.08. The molecule has 0 aliphatic rings. The van der Waals surface area contributed by atoms with Gasteiger partial charge in [-0.3, -0.25) is 0 Å². The van der Waals surface area contributed by atoms with Gasteiger partial charge < -0.3 is 0 Å². The average molecular weight is 375 g/mol. The number of alkyl halides is 1. The molecule has 0 aromatic heterocycles. The molecule has 2 aromatic carbocycles. The monoisotopic (exact) mass is 372 g/mol. The smallest absolute Gasteiger partial charge is 0.0659 e. The number of benzene rings is 2. The summed E-state index contributed by atoms with van der Waals surface area (Å²) >= 11 is 13.4. The van der Waals surface area contributed by atoms with Crippen molar-refractivity contribution in [2.24, 2.45) is 0 Å².